The molecule has 0 amide bonds. The lowest BCUT2D eigenvalue weighted by molar-refractivity contribution is 0.371. The Labute approximate surface area is 127 Å². The quantitative estimate of drug-likeness (QED) is 0.802. The fourth-order valence-electron chi connectivity index (χ4n) is 2.09. The number of rotatable bonds is 5. The predicted molar refractivity (Wildman–Crippen MR) is 74.1 cm³/mol. The van der Waals surface area contributed by atoms with Crippen LogP contribution in [0.25, 0.3) is 0 Å². The highest BCUT2D eigenvalue weighted by atomic mass is 35.5. The van der Waals surface area contributed by atoms with E-state index >= 15 is 0 Å². The van der Waals surface area contributed by atoms with Crippen molar-refractivity contribution < 1.29 is 21.6 Å². The second kappa shape index (κ2) is 6.12. The number of hydrogen-bond donors (Lipinski definition) is 2. The minimum Gasteiger partial charge on any atom is -0.329 e. The molecule has 0 radical (unpaired) electrons. The van der Waals surface area contributed by atoms with Gasteiger partial charge in [-0.3, -0.25) is 0 Å². The third-order valence-electron chi connectivity index (χ3n) is 3.56. The first kappa shape index (κ1) is 18.2. The third kappa shape index (κ3) is 3.50. The zero-order valence-corrected chi connectivity index (χ0v) is 12.8. The van der Waals surface area contributed by atoms with E-state index in [0.29, 0.717) is 12.1 Å². The summed E-state index contributed by atoms with van der Waals surface area (Å²) in [6, 6.07) is 1.27. The van der Waals surface area contributed by atoms with Gasteiger partial charge in [0.2, 0.25) is 10.0 Å². The van der Waals surface area contributed by atoms with Gasteiger partial charge in [0.25, 0.3) is 0 Å². The van der Waals surface area contributed by atoms with Gasteiger partial charge < -0.3 is 5.73 Å². The fraction of sp³-hybridized carbons (Fsp3) is 0.500. The molecule has 0 aliphatic heterocycles. The first-order valence-corrected chi connectivity index (χ1v) is 7.57. The van der Waals surface area contributed by atoms with Crippen LogP contribution in [-0.2, 0) is 10.0 Å². The summed E-state index contributed by atoms with van der Waals surface area (Å²) < 4.78 is 66.1. The van der Waals surface area contributed by atoms with Crippen molar-refractivity contribution in [3.8, 4) is 0 Å². The summed E-state index contributed by atoms with van der Waals surface area (Å²) in [5, 5.41) is 0. The summed E-state index contributed by atoms with van der Waals surface area (Å²) in [4.78, 5) is -0.920. The minimum atomic E-state index is -4.32. The van der Waals surface area contributed by atoms with Gasteiger partial charge in [-0.2, -0.15) is 0 Å². The molecule has 2 rings (SSSR count). The van der Waals surface area contributed by atoms with Crippen LogP contribution in [0.1, 0.15) is 19.8 Å². The van der Waals surface area contributed by atoms with Crippen molar-refractivity contribution in [2.75, 3.05) is 6.54 Å². The van der Waals surface area contributed by atoms with Gasteiger partial charge in [-0.15, -0.1) is 12.4 Å². The molecule has 0 spiro atoms. The summed E-state index contributed by atoms with van der Waals surface area (Å²) in [5.74, 6) is -4.91. The van der Waals surface area contributed by atoms with Gasteiger partial charge in [-0.1, -0.05) is 0 Å². The Bertz CT molecular complexity index is 638. The first-order chi connectivity index (χ1) is 9.21. The molecule has 3 N–H and O–H groups in total. The highest BCUT2D eigenvalue weighted by molar-refractivity contribution is 7.89. The Balaban J connectivity index is 0.00000220. The SMILES string of the molecule is CC(CN)(NS(=O)(=O)c1ccc(F)c(F)c1F)C1CC1.Cl. The molecule has 1 unspecified atom stereocenters. The van der Waals surface area contributed by atoms with Crippen LogP contribution in [0.4, 0.5) is 13.2 Å². The van der Waals surface area contributed by atoms with Crippen molar-refractivity contribution >= 4 is 22.4 Å². The summed E-state index contributed by atoms with van der Waals surface area (Å²) in [5.41, 5.74) is 4.65. The third-order valence-corrected chi connectivity index (χ3v) is 5.19. The van der Waals surface area contributed by atoms with Crippen LogP contribution >= 0.6 is 12.4 Å². The van der Waals surface area contributed by atoms with Crippen LogP contribution < -0.4 is 10.5 Å². The van der Waals surface area contributed by atoms with Crippen molar-refractivity contribution in [1.82, 2.24) is 4.72 Å². The molecule has 0 saturated heterocycles. The monoisotopic (exact) mass is 344 g/mol. The van der Waals surface area contributed by atoms with Crippen LogP contribution in [0.2, 0.25) is 0 Å². The second-order valence-electron chi connectivity index (χ2n) is 5.17. The summed E-state index contributed by atoms with van der Waals surface area (Å²) in [7, 11) is -4.32. The highest BCUT2D eigenvalue weighted by Gasteiger charge is 2.44. The molecule has 1 aromatic rings. The average molecular weight is 345 g/mol. The van der Waals surface area contributed by atoms with Gasteiger partial charge in [-0.05, 0) is 37.8 Å². The standard InChI is InChI=1S/C12H15F3N2O2S.ClH/c1-12(6-16,7-2-3-7)17-20(18,19)9-5-4-8(13)10(14)11(9)15;/h4-5,7,17H,2-3,6,16H2,1H3;1H. The summed E-state index contributed by atoms with van der Waals surface area (Å²) >= 11 is 0. The topological polar surface area (TPSA) is 72.2 Å². The van der Waals surface area contributed by atoms with E-state index in [4.69, 9.17) is 5.73 Å². The fourth-order valence-corrected chi connectivity index (χ4v) is 3.64. The largest absolute Gasteiger partial charge is 0.329 e. The maximum Gasteiger partial charge on any atom is 0.244 e. The van der Waals surface area contributed by atoms with Crippen molar-refractivity contribution in [2.24, 2.45) is 11.7 Å². The molecule has 1 aliphatic rings. The molecule has 1 fully saturated rings. The Hall–Kier alpha value is -0.830. The van der Waals surface area contributed by atoms with Gasteiger partial charge in [0, 0.05) is 12.1 Å². The van der Waals surface area contributed by atoms with Crippen molar-refractivity contribution in [1.29, 1.82) is 0 Å². The number of nitrogens with one attached hydrogen (secondary N) is 1. The number of hydrogen-bond acceptors (Lipinski definition) is 3. The molecule has 4 nitrogen and oxygen atoms in total. The molecule has 1 atom stereocenters. The van der Waals surface area contributed by atoms with Gasteiger partial charge in [-0.25, -0.2) is 26.3 Å². The molecule has 1 saturated carbocycles. The first-order valence-electron chi connectivity index (χ1n) is 6.09. The zero-order valence-electron chi connectivity index (χ0n) is 11.2. The van der Waals surface area contributed by atoms with E-state index < -0.39 is 37.9 Å². The van der Waals surface area contributed by atoms with Crippen molar-refractivity contribution in [2.45, 2.75) is 30.2 Å². The number of nitrogens with two attached hydrogens (primary N) is 1. The van der Waals surface area contributed by atoms with Crippen LogP contribution in [0, 0.1) is 23.4 Å². The molecule has 9 heteroatoms. The van der Waals surface area contributed by atoms with Gasteiger partial charge >= 0.3 is 0 Å². The normalized spacial score (nSPS) is 18.0. The number of benzene rings is 1. The summed E-state index contributed by atoms with van der Waals surface area (Å²) in [6.07, 6.45) is 1.63. The molecule has 0 aromatic heterocycles. The van der Waals surface area contributed by atoms with E-state index in [1.807, 2.05) is 0 Å². The Morgan fingerprint density at radius 1 is 1.29 bits per heavy atom. The number of halogens is 4. The maximum absolute atomic E-state index is 13.6. The molecule has 0 bridgehead atoms. The molecule has 120 valence electrons. The molecule has 21 heavy (non-hydrogen) atoms. The van der Waals surface area contributed by atoms with Crippen LogP contribution in [0.5, 0.6) is 0 Å². The van der Waals surface area contributed by atoms with Gasteiger partial charge in [0.05, 0.1) is 0 Å². The maximum atomic E-state index is 13.6. The molecular formula is C12H16ClF3N2O2S. The van der Waals surface area contributed by atoms with Crippen LogP contribution in [0.3, 0.4) is 0 Å². The van der Waals surface area contributed by atoms with Crippen molar-refractivity contribution in [3.63, 3.8) is 0 Å². The number of sulfonamides is 1. The van der Waals surface area contributed by atoms with Gasteiger partial charge in [0.1, 0.15) is 4.90 Å². The van der Waals surface area contributed by atoms with E-state index in [1.54, 1.807) is 6.92 Å². The summed E-state index contributed by atoms with van der Waals surface area (Å²) in [6.45, 7) is 1.64. The lowest BCUT2D eigenvalue weighted by Gasteiger charge is -2.29. The van der Waals surface area contributed by atoms with Crippen molar-refractivity contribution in [3.05, 3.63) is 29.6 Å². The average Bonchev–Trinajstić information content (AvgIpc) is 3.19. The van der Waals surface area contributed by atoms with Crippen LogP contribution in [0.15, 0.2) is 17.0 Å². The lowest BCUT2D eigenvalue weighted by atomic mass is 9.98. The zero-order chi connectivity index (χ0) is 15.1. The van der Waals surface area contributed by atoms with E-state index in [2.05, 4.69) is 4.72 Å². The Kier molecular flexibility index (Phi) is 5.31. The van der Waals surface area contributed by atoms with E-state index in [0.717, 1.165) is 12.8 Å². The van der Waals surface area contributed by atoms with Gasteiger partial charge in [0.15, 0.2) is 17.5 Å². The predicted octanol–water partition coefficient (Wildman–Crippen LogP) is 1.93. The van der Waals surface area contributed by atoms with E-state index in [-0.39, 0.29) is 24.9 Å². The molecule has 1 aliphatic carbocycles. The minimum absolute atomic E-state index is 0. The Morgan fingerprint density at radius 2 is 1.86 bits per heavy atom. The lowest BCUT2D eigenvalue weighted by Crippen LogP contribution is -2.53. The van der Waals surface area contributed by atoms with E-state index in [1.165, 1.54) is 0 Å². The smallest absolute Gasteiger partial charge is 0.244 e. The highest BCUT2D eigenvalue weighted by Crippen LogP contribution is 2.39. The molecule has 0 heterocycles. The second-order valence-corrected chi connectivity index (χ2v) is 6.83. The molecule has 1 aromatic carbocycles. The Morgan fingerprint density at radius 3 is 2.33 bits per heavy atom. The van der Waals surface area contributed by atoms with E-state index in [9.17, 15) is 21.6 Å². The molecular weight excluding hydrogens is 329 g/mol. The van der Waals surface area contributed by atoms with Crippen LogP contribution in [-0.4, -0.2) is 20.5 Å².